The molecule has 51 heavy (non-hydrogen) atoms. The number of hydrogen-bond acceptors (Lipinski definition) is 9. The van der Waals surface area contributed by atoms with Gasteiger partial charge in [-0.15, -0.1) is 0 Å². The molecule has 5 aromatic rings. The Kier molecular flexibility index (Phi) is 11.4. The molecule has 3 aromatic carbocycles. The Morgan fingerprint density at radius 3 is 2.24 bits per heavy atom. The molecule has 0 aliphatic carbocycles. The van der Waals surface area contributed by atoms with Gasteiger partial charge in [-0.25, -0.2) is 12.7 Å². The second-order valence-electron chi connectivity index (χ2n) is 12.1. The lowest BCUT2D eigenvalue weighted by Crippen LogP contribution is -2.59. The number of carbonyl (C=O) groups excluding carboxylic acids is 3. The van der Waals surface area contributed by atoms with Crippen molar-refractivity contribution in [2.75, 3.05) is 27.0 Å². The number of unbranched alkanes of at least 4 members (excludes halogenated alkanes) is 1. The quantitative estimate of drug-likeness (QED) is 0.148. The normalized spacial score (nSPS) is 12.6. The molecule has 2 heterocycles. The number of para-hydroxylation sites is 1. The number of carbonyl (C=O) groups is 3. The van der Waals surface area contributed by atoms with Crippen LogP contribution in [0.25, 0.3) is 22.2 Å². The van der Waals surface area contributed by atoms with Crippen LogP contribution in [0.3, 0.4) is 0 Å². The van der Waals surface area contributed by atoms with Crippen molar-refractivity contribution in [3.05, 3.63) is 102 Å². The number of amides is 3. The minimum atomic E-state index is -4.43. The van der Waals surface area contributed by atoms with E-state index in [0.717, 1.165) is 16.5 Å². The fourth-order valence-electron chi connectivity index (χ4n) is 5.92. The van der Waals surface area contributed by atoms with E-state index in [1.54, 1.807) is 42.6 Å². The maximum Gasteiger partial charge on any atom is 0.259 e. The highest BCUT2D eigenvalue weighted by atomic mass is 32.2. The molecule has 0 aliphatic rings. The van der Waals surface area contributed by atoms with E-state index < -0.39 is 45.6 Å². The zero-order chi connectivity index (χ0) is 36.7. The fraction of sp³-hybridized carbons (Fsp3) is 0.297. The third-order valence-electron chi connectivity index (χ3n) is 8.75. The lowest BCUT2D eigenvalue weighted by Gasteiger charge is -2.35. The maximum absolute atomic E-state index is 14.9. The number of nitrogens with two attached hydrogens (primary N) is 1. The summed E-state index contributed by atoms with van der Waals surface area (Å²) < 4.78 is 44.9. The number of methoxy groups -OCH3 is 2. The first-order valence-electron chi connectivity index (χ1n) is 16.4. The van der Waals surface area contributed by atoms with Crippen LogP contribution in [0.2, 0.25) is 0 Å². The summed E-state index contributed by atoms with van der Waals surface area (Å²) in [7, 11) is -0.130. The molecular weight excluding hydrogens is 675 g/mol. The predicted molar refractivity (Wildman–Crippen MR) is 192 cm³/mol. The number of nitrogens with zero attached hydrogens (tertiary/aromatic N) is 3. The van der Waals surface area contributed by atoms with Crippen molar-refractivity contribution in [2.45, 2.75) is 44.7 Å². The highest BCUT2D eigenvalue weighted by molar-refractivity contribution is 7.89. The summed E-state index contributed by atoms with van der Waals surface area (Å²) in [6, 6.07) is 17.7. The SMILES string of the molecule is CCCCS(=O)(=O)N(C(=O)[C@H](Cc1ccc(-c2ccno2)cc1)N(C)C(=O)c1cc(OC)cc(OC)c1)[C@@H](Cc1c[nH]c2ccccc12)C(N)=O. The van der Waals surface area contributed by atoms with Crippen LogP contribution in [0.5, 0.6) is 11.5 Å². The number of aromatic nitrogens is 2. The number of H-pyrrole nitrogens is 1. The van der Waals surface area contributed by atoms with Gasteiger partial charge in [0.25, 0.3) is 11.8 Å². The number of ether oxygens (including phenoxy) is 2. The van der Waals surface area contributed by atoms with Crippen molar-refractivity contribution < 1.29 is 36.8 Å². The number of likely N-dealkylation sites (N-methyl/N-ethyl adjacent to an activating group) is 1. The van der Waals surface area contributed by atoms with Gasteiger partial charge in [-0.3, -0.25) is 14.4 Å². The standard InChI is InChI=1S/C37H41N5O8S/c1-5-6-17-51(46,47)42(32(35(38)43)21-27-23-39-31-10-8-7-9-30(27)31)37(45)33(18-24-11-13-25(14-12-24)34-15-16-40-50-34)41(2)36(44)26-19-28(48-3)22-29(20-26)49-4/h7-16,19-20,22-23,32-33,39H,5-6,17-18,21H2,1-4H3,(H2,38,43)/t32-,33-/m0/s1. The van der Waals surface area contributed by atoms with E-state index in [9.17, 15) is 22.8 Å². The monoisotopic (exact) mass is 715 g/mol. The van der Waals surface area contributed by atoms with E-state index in [-0.39, 0.29) is 24.8 Å². The Balaban J connectivity index is 1.60. The van der Waals surface area contributed by atoms with Crippen LogP contribution in [0.1, 0.15) is 41.3 Å². The lowest BCUT2D eigenvalue weighted by molar-refractivity contribution is -0.137. The van der Waals surface area contributed by atoms with Crippen LogP contribution in [-0.4, -0.2) is 84.6 Å². The predicted octanol–water partition coefficient (Wildman–Crippen LogP) is 4.58. The largest absolute Gasteiger partial charge is 0.497 e. The summed E-state index contributed by atoms with van der Waals surface area (Å²) >= 11 is 0. The van der Waals surface area contributed by atoms with Gasteiger partial charge in [-0.2, -0.15) is 0 Å². The average Bonchev–Trinajstić information content (AvgIpc) is 3.83. The van der Waals surface area contributed by atoms with Gasteiger partial charge in [0, 0.05) is 60.2 Å². The molecule has 3 N–H and O–H groups in total. The van der Waals surface area contributed by atoms with Gasteiger partial charge in [-0.1, -0.05) is 61.0 Å². The summed E-state index contributed by atoms with van der Waals surface area (Å²) in [6.07, 6.45) is 3.65. The minimum Gasteiger partial charge on any atom is -0.497 e. The van der Waals surface area contributed by atoms with E-state index >= 15 is 0 Å². The summed E-state index contributed by atoms with van der Waals surface area (Å²) in [5.74, 6) is -1.78. The molecule has 0 saturated carbocycles. The first-order chi connectivity index (χ1) is 24.5. The zero-order valence-electron chi connectivity index (χ0n) is 28.9. The van der Waals surface area contributed by atoms with Crippen LogP contribution in [0, 0.1) is 0 Å². The molecule has 2 aromatic heterocycles. The molecule has 14 heteroatoms. The lowest BCUT2D eigenvalue weighted by atomic mass is 9.99. The topological polar surface area (TPSA) is 178 Å². The third kappa shape index (κ3) is 8.23. The second kappa shape index (κ2) is 15.9. The smallest absolute Gasteiger partial charge is 0.259 e. The third-order valence-corrected chi connectivity index (χ3v) is 10.6. The number of sulfonamides is 1. The second-order valence-corrected chi connectivity index (χ2v) is 14.1. The molecule has 0 radical (unpaired) electrons. The van der Waals surface area contributed by atoms with Gasteiger partial charge in [0.05, 0.1) is 26.2 Å². The summed E-state index contributed by atoms with van der Waals surface area (Å²) in [5.41, 5.74) is 8.78. The number of hydrogen-bond donors (Lipinski definition) is 2. The molecule has 0 unspecified atom stereocenters. The van der Waals surface area contributed by atoms with E-state index in [2.05, 4.69) is 10.1 Å². The highest BCUT2D eigenvalue weighted by Crippen LogP contribution is 2.28. The van der Waals surface area contributed by atoms with Crippen LogP contribution in [0.4, 0.5) is 0 Å². The van der Waals surface area contributed by atoms with Gasteiger partial charge < -0.3 is 29.6 Å². The van der Waals surface area contributed by atoms with Crippen LogP contribution in [0.15, 0.2) is 89.7 Å². The van der Waals surface area contributed by atoms with E-state index in [1.807, 2.05) is 31.2 Å². The van der Waals surface area contributed by atoms with Gasteiger partial charge in [0.1, 0.15) is 23.6 Å². The number of aromatic amines is 1. The molecular formula is C37H41N5O8S. The Hall–Kier alpha value is -5.63. The van der Waals surface area contributed by atoms with Gasteiger partial charge in [0.15, 0.2) is 5.76 Å². The van der Waals surface area contributed by atoms with Crippen molar-refractivity contribution in [3.8, 4) is 22.8 Å². The molecule has 3 amide bonds. The van der Waals surface area contributed by atoms with E-state index in [0.29, 0.717) is 39.1 Å². The number of rotatable bonds is 16. The molecule has 0 aliphatic heterocycles. The van der Waals surface area contributed by atoms with Gasteiger partial charge >= 0.3 is 0 Å². The molecule has 268 valence electrons. The fourth-order valence-corrected chi connectivity index (χ4v) is 7.74. The summed E-state index contributed by atoms with van der Waals surface area (Å²) in [6.45, 7) is 1.82. The first-order valence-corrected chi connectivity index (χ1v) is 18.0. The Morgan fingerprint density at radius 1 is 0.941 bits per heavy atom. The number of fused-ring (bicyclic) bond motifs is 1. The Morgan fingerprint density at radius 2 is 1.63 bits per heavy atom. The van der Waals surface area contributed by atoms with E-state index in [1.165, 1.54) is 44.5 Å². The molecule has 13 nitrogen and oxygen atoms in total. The zero-order valence-corrected chi connectivity index (χ0v) is 29.7. The van der Waals surface area contributed by atoms with Crippen LogP contribution < -0.4 is 15.2 Å². The van der Waals surface area contributed by atoms with Crippen molar-refractivity contribution >= 4 is 38.6 Å². The van der Waals surface area contributed by atoms with Gasteiger partial charge in [-0.05, 0) is 35.7 Å². The number of benzene rings is 3. The number of primary amides is 1. The maximum atomic E-state index is 14.9. The van der Waals surface area contributed by atoms with Crippen molar-refractivity contribution in [1.82, 2.24) is 19.3 Å². The molecule has 2 atom stereocenters. The average molecular weight is 716 g/mol. The van der Waals surface area contributed by atoms with Crippen molar-refractivity contribution in [3.63, 3.8) is 0 Å². The molecule has 0 fully saturated rings. The summed E-state index contributed by atoms with van der Waals surface area (Å²) in [5, 5.41) is 4.50. The van der Waals surface area contributed by atoms with Crippen LogP contribution >= 0.6 is 0 Å². The first kappa shape index (κ1) is 36.6. The van der Waals surface area contributed by atoms with Gasteiger partial charge in [0.2, 0.25) is 15.9 Å². The summed E-state index contributed by atoms with van der Waals surface area (Å²) in [4.78, 5) is 46.6. The van der Waals surface area contributed by atoms with Crippen molar-refractivity contribution in [1.29, 1.82) is 0 Å². The Bertz CT molecular complexity index is 2070. The molecule has 5 rings (SSSR count). The van der Waals surface area contributed by atoms with E-state index in [4.69, 9.17) is 19.7 Å². The van der Waals surface area contributed by atoms with Crippen molar-refractivity contribution in [2.24, 2.45) is 5.73 Å². The Labute approximate surface area is 296 Å². The number of nitrogens with one attached hydrogen (secondary N) is 1. The molecule has 0 spiro atoms. The highest BCUT2D eigenvalue weighted by Gasteiger charge is 2.43. The molecule has 0 bridgehead atoms. The van der Waals surface area contributed by atoms with Crippen LogP contribution in [-0.2, 0) is 32.5 Å². The molecule has 0 saturated heterocycles. The minimum absolute atomic E-state index is 0.1000.